The third-order valence-corrected chi connectivity index (χ3v) is 6.11. The number of aromatic nitrogens is 7. The van der Waals surface area contributed by atoms with Crippen molar-refractivity contribution in [1.29, 1.82) is 0 Å². The van der Waals surface area contributed by atoms with Crippen LogP contribution in [0.25, 0.3) is 45.7 Å². The zero-order chi connectivity index (χ0) is 26.1. The fourth-order valence-corrected chi connectivity index (χ4v) is 4.09. The maximum atomic E-state index is 16.1. The first-order valence-electron chi connectivity index (χ1n) is 11.9. The number of rotatable bonds is 7. The molecule has 9 heteroatoms. The monoisotopic (exact) mass is 494 g/mol. The fourth-order valence-electron chi connectivity index (χ4n) is 4.09. The number of nitrogens with one attached hydrogen (secondary N) is 3. The van der Waals surface area contributed by atoms with Gasteiger partial charge in [0.1, 0.15) is 17.0 Å². The highest BCUT2D eigenvalue weighted by molar-refractivity contribution is 5.94. The Morgan fingerprint density at radius 1 is 1.24 bits per heavy atom. The molecule has 0 radical (unpaired) electrons. The van der Waals surface area contributed by atoms with E-state index in [1.165, 1.54) is 0 Å². The number of para-hydroxylation sites is 1. The number of halogens is 1. The number of hydrogen-bond acceptors (Lipinski definition) is 5. The Balaban J connectivity index is 1.63. The SMILES string of the molecule is C=C(CC)Nc1cncc(C(=C)/C(F)=c2/c(-c3nc4c(-n5cnc(C)c5)cccc4[nH]3)n[nH]/c2=C/C)c1. The summed E-state index contributed by atoms with van der Waals surface area (Å²) >= 11 is 0. The van der Waals surface area contributed by atoms with Crippen molar-refractivity contribution < 1.29 is 4.39 Å². The average molecular weight is 495 g/mol. The van der Waals surface area contributed by atoms with Gasteiger partial charge in [-0.25, -0.2) is 14.4 Å². The number of fused-ring (bicyclic) bond motifs is 1. The van der Waals surface area contributed by atoms with Crippen LogP contribution in [0, 0.1) is 6.92 Å². The van der Waals surface area contributed by atoms with Crippen LogP contribution in [0.1, 0.15) is 31.5 Å². The van der Waals surface area contributed by atoms with Gasteiger partial charge in [0.05, 0.1) is 45.7 Å². The number of aromatic amines is 2. The Kier molecular flexibility index (Phi) is 6.27. The molecule has 0 bridgehead atoms. The quantitative estimate of drug-likeness (QED) is 0.303. The lowest BCUT2D eigenvalue weighted by molar-refractivity contribution is 0.764. The van der Waals surface area contributed by atoms with Crippen LogP contribution in [0.5, 0.6) is 0 Å². The molecule has 186 valence electrons. The van der Waals surface area contributed by atoms with Crippen molar-refractivity contribution >= 4 is 34.2 Å². The average Bonchev–Trinajstić information content (AvgIpc) is 3.65. The predicted octanol–water partition coefficient (Wildman–Crippen LogP) is 4.77. The van der Waals surface area contributed by atoms with Crippen LogP contribution in [-0.2, 0) is 0 Å². The van der Waals surface area contributed by atoms with Gasteiger partial charge in [0.25, 0.3) is 0 Å². The van der Waals surface area contributed by atoms with Crippen LogP contribution in [0.3, 0.4) is 0 Å². The summed E-state index contributed by atoms with van der Waals surface area (Å²) in [5, 5.41) is 11.3. The van der Waals surface area contributed by atoms with Crippen LogP contribution >= 0.6 is 0 Å². The van der Waals surface area contributed by atoms with E-state index >= 15 is 4.39 Å². The molecule has 0 fully saturated rings. The van der Waals surface area contributed by atoms with E-state index in [0.29, 0.717) is 28.1 Å². The molecule has 5 rings (SSSR count). The molecule has 1 aromatic carbocycles. The summed E-state index contributed by atoms with van der Waals surface area (Å²) in [6.45, 7) is 13.7. The summed E-state index contributed by atoms with van der Waals surface area (Å²) < 4.78 is 18.0. The molecule has 0 unspecified atom stereocenters. The van der Waals surface area contributed by atoms with Gasteiger partial charge in [0, 0.05) is 29.2 Å². The molecule has 0 saturated carbocycles. The summed E-state index contributed by atoms with van der Waals surface area (Å²) in [5.74, 6) is -0.0783. The van der Waals surface area contributed by atoms with Crippen molar-refractivity contribution in [3.8, 4) is 17.2 Å². The Hall–Kier alpha value is -4.79. The second-order valence-electron chi connectivity index (χ2n) is 8.67. The van der Waals surface area contributed by atoms with E-state index in [2.05, 4.69) is 43.6 Å². The number of benzene rings is 1. The Morgan fingerprint density at radius 2 is 2.08 bits per heavy atom. The largest absolute Gasteiger partial charge is 0.358 e. The number of allylic oxidation sites excluding steroid dienone is 2. The maximum Gasteiger partial charge on any atom is 0.159 e. The minimum Gasteiger partial charge on any atom is -0.358 e. The molecule has 4 aromatic heterocycles. The van der Waals surface area contributed by atoms with Gasteiger partial charge in [-0.2, -0.15) is 5.10 Å². The zero-order valence-corrected chi connectivity index (χ0v) is 20.9. The molecule has 0 spiro atoms. The topological polar surface area (TPSA) is 100 Å². The highest BCUT2D eigenvalue weighted by Crippen LogP contribution is 2.27. The third-order valence-electron chi connectivity index (χ3n) is 6.11. The van der Waals surface area contributed by atoms with Crippen molar-refractivity contribution in [1.82, 2.24) is 34.7 Å². The second-order valence-corrected chi connectivity index (χ2v) is 8.67. The highest BCUT2D eigenvalue weighted by atomic mass is 19.1. The minimum atomic E-state index is -0.518. The van der Waals surface area contributed by atoms with Crippen molar-refractivity contribution in [3.63, 3.8) is 0 Å². The molecule has 0 amide bonds. The predicted molar refractivity (Wildman–Crippen MR) is 146 cm³/mol. The number of hydrogen-bond donors (Lipinski definition) is 3. The molecule has 0 aliphatic carbocycles. The van der Waals surface area contributed by atoms with E-state index < -0.39 is 5.83 Å². The van der Waals surface area contributed by atoms with E-state index in [9.17, 15) is 0 Å². The maximum absolute atomic E-state index is 16.1. The molecule has 37 heavy (non-hydrogen) atoms. The van der Waals surface area contributed by atoms with Crippen LogP contribution in [0.15, 0.2) is 68.0 Å². The van der Waals surface area contributed by atoms with Crippen LogP contribution in [-0.4, -0.2) is 34.7 Å². The van der Waals surface area contributed by atoms with Crippen LogP contribution in [0.4, 0.5) is 10.1 Å². The first-order valence-corrected chi connectivity index (χ1v) is 11.9. The number of H-pyrrole nitrogens is 2. The van der Waals surface area contributed by atoms with Gasteiger partial charge in [-0.15, -0.1) is 0 Å². The van der Waals surface area contributed by atoms with E-state index in [1.807, 2.05) is 49.7 Å². The smallest absolute Gasteiger partial charge is 0.159 e. The molecule has 0 aliphatic rings. The first kappa shape index (κ1) is 23.9. The molecule has 3 N–H and O–H groups in total. The minimum absolute atomic E-state index is 0.190. The van der Waals surface area contributed by atoms with Crippen molar-refractivity contribution in [3.05, 3.63) is 89.9 Å². The summed E-state index contributed by atoms with van der Waals surface area (Å²) in [4.78, 5) is 16.7. The van der Waals surface area contributed by atoms with Gasteiger partial charge in [-0.05, 0) is 38.5 Å². The van der Waals surface area contributed by atoms with Gasteiger partial charge < -0.3 is 14.9 Å². The number of aryl methyl sites for hydroxylation is 1. The van der Waals surface area contributed by atoms with Gasteiger partial charge in [0.15, 0.2) is 5.82 Å². The second kappa shape index (κ2) is 9.69. The van der Waals surface area contributed by atoms with Crippen LogP contribution < -0.4 is 15.9 Å². The third kappa shape index (κ3) is 4.47. The van der Waals surface area contributed by atoms with Gasteiger partial charge in [0.2, 0.25) is 0 Å². The summed E-state index contributed by atoms with van der Waals surface area (Å²) in [6.07, 6.45) is 9.45. The molecular weight excluding hydrogens is 467 g/mol. The van der Waals surface area contributed by atoms with E-state index in [4.69, 9.17) is 4.98 Å². The van der Waals surface area contributed by atoms with E-state index in [0.717, 1.165) is 34.5 Å². The van der Waals surface area contributed by atoms with E-state index in [-0.39, 0.29) is 10.8 Å². The number of nitrogens with zero attached hydrogens (tertiary/aromatic N) is 5. The first-order chi connectivity index (χ1) is 17.9. The van der Waals surface area contributed by atoms with Crippen molar-refractivity contribution in [2.75, 3.05) is 5.32 Å². The number of anilines is 1. The van der Waals surface area contributed by atoms with Gasteiger partial charge in [-0.3, -0.25) is 10.1 Å². The lowest BCUT2D eigenvalue weighted by Gasteiger charge is -2.09. The van der Waals surface area contributed by atoms with Gasteiger partial charge >= 0.3 is 0 Å². The molecular formula is C28H27FN8. The molecule has 0 atom stereocenters. The van der Waals surface area contributed by atoms with E-state index in [1.54, 1.807) is 30.9 Å². The Labute approximate surface area is 213 Å². The summed E-state index contributed by atoms with van der Waals surface area (Å²) in [6, 6.07) is 7.61. The van der Waals surface area contributed by atoms with Crippen molar-refractivity contribution in [2.24, 2.45) is 0 Å². The van der Waals surface area contributed by atoms with Crippen molar-refractivity contribution in [2.45, 2.75) is 27.2 Å². The normalized spacial score (nSPS) is 12.7. The summed E-state index contributed by atoms with van der Waals surface area (Å²) in [5.41, 5.74) is 5.93. The molecule has 5 aromatic rings. The van der Waals surface area contributed by atoms with Gasteiger partial charge in [-0.1, -0.05) is 32.2 Å². The molecule has 0 saturated heterocycles. The fraction of sp³-hybridized carbons (Fsp3) is 0.143. The molecule has 8 nitrogen and oxygen atoms in total. The zero-order valence-electron chi connectivity index (χ0n) is 20.9. The molecule has 0 aliphatic heterocycles. The molecule has 4 heterocycles. The van der Waals surface area contributed by atoms with Crippen LogP contribution in [0.2, 0.25) is 0 Å². The number of pyridine rings is 1. The lowest BCUT2D eigenvalue weighted by atomic mass is 10.1. The highest BCUT2D eigenvalue weighted by Gasteiger charge is 2.18. The Morgan fingerprint density at radius 3 is 2.81 bits per heavy atom. The Bertz CT molecular complexity index is 1770. The lowest BCUT2D eigenvalue weighted by Crippen LogP contribution is -2.26. The standard InChI is InChI=1S/C28H27FN8/c1-6-16(3)32-20-11-19(12-30-13-20)18(5)25(29)24-21(7-2)35-36-27(24)28-33-22-9-8-10-23(26(22)34-28)37-14-17(4)31-15-37/h7-15,32,35H,3,5-6H2,1-2,4H3,(H,33,34)/b21-7+,25-24-. The summed E-state index contributed by atoms with van der Waals surface area (Å²) in [7, 11) is 0. The number of imidazole rings is 2.